The van der Waals surface area contributed by atoms with Crippen LogP contribution in [0, 0.1) is 0 Å². The van der Waals surface area contributed by atoms with Crippen LogP contribution in [0.25, 0.3) is 34.7 Å². The Labute approximate surface area is 191 Å². The highest BCUT2D eigenvalue weighted by molar-refractivity contribution is 6.34. The molecule has 176 valence electrons. The third kappa shape index (κ3) is 3.48. The predicted molar refractivity (Wildman–Crippen MR) is 105 cm³/mol. The maximum Gasteiger partial charge on any atom is 0.433 e. The fraction of sp³-hybridized carbons (Fsp3) is 0.263. The van der Waals surface area contributed by atoms with Crippen LogP contribution in [0.4, 0.5) is 26.3 Å². The van der Waals surface area contributed by atoms with E-state index in [0.717, 1.165) is 18.3 Å². The molecule has 5 rings (SSSR count). The van der Waals surface area contributed by atoms with E-state index in [1.165, 1.54) is 16.7 Å². The second kappa shape index (κ2) is 7.48. The van der Waals surface area contributed by atoms with Gasteiger partial charge in [0, 0.05) is 18.3 Å². The van der Waals surface area contributed by atoms with Gasteiger partial charge in [0.1, 0.15) is 5.69 Å². The minimum atomic E-state index is -4.67. The number of aromatic nitrogens is 8. The largest absolute Gasteiger partial charge is 0.433 e. The molecule has 0 amide bonds. The first-order chi connectivity index (χ1) is 16.0. The Kier molecular flexibility index (Phi) is 4.90. The van der Waals surface area contributed by atoms with Gasteiger partial charge in [0.15, 0.2) is 11.6 Å². The lowest BCUT2D eigenvalue weighted by Gasteiger charge is -2.25. The van der Waals surface area contributed by atoms with E-state index in [1.807, 2.05) is 0 Å². The Bertz CT molecular complexity index is 1410. The Hall–Kier alpha value is -3.55. The summed E-state index contributed by atoms with van der Waals surface area (Å²) in [4.78, 5) is 7.43. The molecule has 0 bridgehead atoms. The number of alkyl halides is 6. The number of benzene rings is 1. The van der Waals surface area contributed by atoms with Crippen LogP contribution in [-0.4, -0.2) is 39.5 Å². The van der Waals surface area contributed by atoms with Crippen LogP contribution < -0.4 is 0 Å². The highest BCUT2D eigenvalue weighted by Gasteiger charge is 2.37. The molecule has 0 fully saturated rings. The quantitative estimate of drug-likeness (QED) is 0.363. The van der Waals surface area contributed by atoms with Gasteiger partial charge in [0.25, 0.3) is 0 Å². The molecular formula is C19H11ClF6N8. The molecule has 0 saturated heterocycles. The molecule has 0 spiro atoms. The lowest BCUT2D eigenvalue weighted by atomic mass is 10.1. The first kappa shape index (κ1) is 22.3. The molecule has 0 N–H and O–H groups in total. The van der Waals surface area contributed by atoms with Crippen molar-refractivity contribution in [1.29, 1.82) is 0 Å². The van der Waals surface area contributed by atoms with E-state index in [1.54, 1.807) is 11.5 Å². The number of halogens is 7. The second-order valence-corrected chi connectivity index (χ2v) is 7.83. The average molecular weight is 501 g/mol. The summed E-state index contributed by atoms with van der Waals surface area (Å²) in [6.07, 6.45) is -8.37. The van der Waals surface area contributed by atoms with Crippen LogP contribution in [0.15, 0.2) is 30.5 Å². The summed E-state index contributed by atoms with van der Waals surface area (Å²) in [7, 11) is 0. The molecule has 0 aliphatic carbocycles. The van der Waals surface area contributed by atoms with Gasteiger partial charge in [0.05, 0.1) is 16.6 Å². The highest BCUT2D eigenvalue weighted by atomic mass is 35.5. The Balaban J connectivity index is 1.62. The van der Waals surface area contributed by atoms with Crippen molar-refractivity contribution in [3.05, 3.63) is 46.7 Å². The van der Waals surface area contributed by atoms with E-state index in [2.05, 4.69) is 30.4 Å². The van der Waals surface area contributed by atoms with Crippen molar-refractivity contribution in [2.24, 2.45) is 0 Å². The molecule has 8 nitrogen and oxygen atoms in total. The topological polar surface area (TPSA) is 87.2 Å². The summed E-state index contributed by atoms with van der Waals surface area (Å²) in [5.41, 5.74) is -2.13. The van der Waals surface area contributed by atoms with E-state index in [0.29, 0.717) is 0 Å². The zero-order valence-electron chi connectivity index (χ0n) is 16.9. The molecule has 1 atom stereocenters. The lowest BCUT2D eigenvalue weighted by molar-refractivity contribution is -0.141. The zero-order valence-corrected chi connectivity index (χ0v) is 17.7. The number of hydrogen-bond acceptors (Lipinski definition) is 6. The van der Waals surface area contributed by atoms with Gasteiger partial charge < -0.3 is 0 Å². The summed E-state index contributed by atoms with van der Waals surface area (Å²) >= 11 is 6.07. The van der Waals surface area contributed by atoms with Crippen molar-refractivity contribution in [2.45, 2.75) is 31.9 Å². The first-order valence-electron chi connectivity index (χ1n) is 9.62. The first-order valence-corrected chi connectivity index (χ1v) is 9.99. The van der Waals surface area contributed by atoms with Crippen LogP contribution in [0.3, 0.4) is 0 Å². The summed E-state index contributed by atoms with van der Waals surface area (Å²) in [6, 6.07) is 3.76. The summed E-state index contributed by atoms with van der Waals surface area (Å²) < 4.78 is 82.2. The van der Waals surface area contributed by atoms with Crippen LogP contribution >= 0.6 is 11.6 Å². The van der Waals surface area contributed by atoms with E-state index in [-0.39, 0.29) is 41.2 Å². The van der Waals surface area contributed by atoms with E-state index < -0.39 is 34.7 Å². The molecule has 4 aromatic rings. The fourth-order valence-electron chi connectivity index (χ4n) is 3.75. The van der Waals surface area contributed by atoms with Crippen molar-refractivity contribution in [1.82, 2.24) is 39.5 Å². The van der Waals surface area contributed by atoms with Crippen molar-refractivity contribution < 1.29 is 26.3 Å². The molecule has 4 heterocycles. The third-order valence-electron chi connectivity index (χ3n) is 5.23. The number of rotatable bonds is 2. The van der Waals surface area contributed by atoms with E-state index in [9.17, 15) is 26.3 Å². The van der Waals surface area contributed by atoms with Crippen molar-refractivity contribution in [3.63, 3.8) is 0 Å². The molecule has 1 aliphatic heterocycles. The molecule has 3 aromatic heterocycles. The third-order valence-corrected chi connectivity index (χ3v) is 5.63. The van der Waals surface area contributed by atoms with Gasteiger partial charge in [-0.1, -0.05) is 17.7 Å². The van der Waals surface area contributed by atoms with E-state index >= 15 is 0 Å². The molecule has 15 heteroatoms. The molecular weight excluding hydrogens is 490 g/mol. The second-order valence-electron chi connectivity index (χ2n) is 7.45. The van der Waals surface area contributed by atoms with Crippen molar-refractivity contribution in [2.75, 3.05) is 0 Å². The molecule has 1 aliphatic rings. The number of nitrogens with zero attached hydrogens (tertiary/aromatic N) is 8. The molecule has 0 saturated carbocycles. The fourth-order valence-corrected chi connectivity index (χ4v) is 4.06. The van der Waals surface area contributed by atoms with Crippen LogP contribution in [0.5, 0.6) is 0 Å². The van der Waals surface area contributed by atoms with Gasteiger partial charge in [-0.2, -0.15) is 26.3 Å². The number of hydrogen-bond donors (Lipinski definition) is 0. The SMILES string of the molecule is CC1Cn2c(-c3nccc(C(F)(F)F)n3)nnc2-c2nnc(-c3cccc(C(F)(F)F)c3Cl)n21. The van der Waals surface area contributed by atoms with Gasteiger partial charge in [-0.25, -0.2) is 9.97 Å². The molecule has 0 radical (unpaired) electrons. The Morgan fingerprint density at radius 2 is 1.56 bits per heavy atom. The summed E-state index contributed by atoms with van der Waals surface area (Å²) in [6.45, 7) is 1.88. The van der Waals surface area contributed by atoms with Crippen LogP contribution in [0.1, 0.15) is 24.2 Å². The highest BCUT2D eigenvalue weighted by Crippen LogP contribution is 2.42. The Morgan fingerprint density at radius 1 is 0.882 bits per heavy atom. The van der Waals surface area contributed by atoms with Gasteiger partial charge >= 0.3 is 12.4 Å². The van der Waals surface area contributed by atoms with Gasteiger partial charge in [-0.3, -0.25) is 9.13 Å². The number of fused-ring (bicyclic) bond motifs is 3. The molecule has 1 unspecified atom stereocenters. The zero-order chi connectivity index (χ0) is 24.4. The molecule has 1 aromatic carbocycles. The summed E-state index contributed by atoms with van der Waals surface area (Å²) in [5.74, 6) is 0.101. The smallest absolute Gasteiger partial charge is 0.300 e. The molecule has 34 heavy (non-hydrogen) atoms. The van der Waals surface area contributed by atoms with E-state index in [4.69, 9.17) is 11.6 Å². The maximum atomic E-state index is 13.3. The van der Waals surface area contributed by atoms with Crippen LogP contribution in [0.2, 0.25) is 5.02 Å². The normalized spacial score (nSPS) is 15.8. The summed E-state index contributed by atoms with van der Waals surface area (Å²) in [5, 5.41) is 15.5. The van der Waals surface area contributed by atoms with Crippen LogP contribution in [-0.2, 0) is 18.9 Å². The standard InChI is InChI=1S/C19H11ClF6N8/c1-8-7-33-15(13-27-6-5-11(28-13)19(24,25)26)30-31-16(33)17-32-29-14(34(8)17)9-3-2-4-10(12(9)20)18(21,22)23/h2-6,8H,7H2,1H3. The lowest BCUT2D eigenvalue weighted by Crippen LogP contribution is -2.23. The van der Waals surface area contributed by atoms with Crippen molar-refractivity contribution >= 4 is 11.6 Å². The monoisotopic (exact) mass is 500 g/mol. The van der Waals surface area contributed by atoms with Gasteiger partial charge in [-0.15, -0.1) is 20.4 Å². The van der Waals surface area contributed by atoms with Crippen molar-refractivity contribution in [3.8, 4) is 34.7 Å². The Morgan fingerprint density at radius 3 is 2.26 bits per heavy atom. The average Bonchev–Trinajstić information content (AvgIpc) is 3.37. The van der Waals surface area contributed by atoms with Gasteiger partial charge in [0.2, 0.25) is 17.5 Å². The predicted octanol–water partition coefficient (Wildman–Crippen LogP) is 4.93. The van der Waals surface area contributed by atoms with Gasteiger partial charge in [-0.05, 0) is 25.1 Å². The maximum absolute atomic E-state index is 13.3. The minimum absolute atomic E-state index is 0.0131. The minimum Gasteiger partial charge on any atom is -0.300 e.